The first-order valence-electron chi connectivity index (χ1n) is 5.43. The van der Waals surface area contributed by atoms with E-state index >= 15 is 0 Å². The number of fused-ring (bicyclic) bond motifs is 1. The number of nitrogens with one attached hydrogen (secondary N) is 1. The molecule has 1 aromatic rings. The van der Waals surface area contributed by atoms with Crippen molar-refractivity contribution in [3.8, 4) is 0 Å². The predicted octanol–water partition coefficient (Wildman–Crippen LogP) is 2.95. The second kappa shape index (κ2) is 4.27. The molecule has 0 heterocycles. The average Bonchev–Trinajstić information content (AvgIpc) is 2.19. The van der Waals surface area contributed by atoms with Crippen LogP contribution in [0.15, 0.2) is 12.1 Å². The fourth-order valence-corrected chi connectivity index (χ4v) is 2.29. The average molecular weight is 211 g/mol. The lowest BCUT2D eigenvalue weighted by atomic mass is 9.87. The van der Waals surface area contributed by atoms with E-state index in [1.807, 2.05) is 6.92 Å². The van der Waals surface area contributed by atoms with Gasteiger partial charge in [-0.05, 0) is 43.0 Å². The van der Waals surface area contributed by atoms with E-state index in [1.54, 1.807) is 0 Å². The van der Waals surface area contributed by atoms with E-state index in [0.717, 1.165) is 37.4 Å². The zero-order valence-electron chi connectivity index (χ0n) is 8.82. The summed E-state index contributed by atoms with van der Waals surface area (Å²) in [6.45, 7) is 2.83. The maximum absolute atomic E-state index is 13.5. The van der Waals surface area contributed by atoms with Crippen LogP contribution >= 0.6 is 0 Å². The largest absolute Gasteiger partial charge is 0.310 e. The summed E-state index contributed by atoms with van der Waals surface area (Å²) in [6, 6.07) is 2.56. The zero-order valence-corrected chi connectivity index (χ0v) is 8.82. The Bertz CT molecular complexity index is 363. The first-order valence-corrected chi connectivity index (χ1v) is 5.43. The summed E-state index contributed by atoms with van der Waals surface area (Å²) >= 11 is 0. The van der Waals surface area contributed by atoms with Crippen LogP contribution < -0.4 is 5.32 Å². The lowest BCUT2D eigenvalue weighted by Gasteiger charge is -2.26. The van der Waals surface area contributed by atoms with Gasteiger partial charge in [-0.25, -0.2) is 8.78 Å². The molecule has 0 radical (unpaired) electrons. The summed E-state index contributed by atoms with van der Waals surface area (Å²) in [5.74, 6) is -0.872. The van der Waals surface area contributed by atoms with Gasteiger partial charge in [0.2, 0.25) is 0 Å². The fraction of sp³-hybridized carbons (Fsp3) is 0.500. The van der Waals surface area contributed by atoms with Gasteiger partial charge in [0.05, 0.1) is 0 Å². The molecule has 0 spiro atoms. The van der Waals surface area contributed by atoms with Crippen LogP contribution in [0.1, 0.15) is 36.9 Å². The topological polar surface area (TPSA) is 12.0 Å². The third kappa shape index (κ3) is 2.02. The Labute approximate surface area is 88.5 Å². The van der Waals surface area contributed by atoms with Crippen molar-refractivity contribution in [3.05, 3.63) is 34.9 Å². The van der Waals surface area contributed by atoms with E-state index < -0.39 is 11.6 Å². The monoisotopic (exact) mass is 211 g/mol. The first-order chi connectivity index (χ1) is 7.22. The van der Waals surface area contributed by atoms with Crippen LogP contribution in [0.2, 0.25) is 0 Å². The molecule has 0 amide bonds. The molecule has 0 bridgehead atoms. The molecule has 0 fully saturated rings. The maximum Gasteiger partial charge on any atom is 0.129 e. The Morgan fingerprint density at radius 3 is 2.93 bits per heavy atom. The van der Waals surface area contributed by atoms with Gasteiger partial charge in [0, 0.05) is 12.1 Å². The van der Waals surface area contributed by atoms with E-state index in [4.69, 9.17) is 0 Å². The SMILES string of the molecule is CCNC1CCCc2c(F)cc(F)cc21. The molecule has 1 aliphatic rings. The summed E-state index contributed by atoms with van der Waals surface area (Å²) in [7, 11) is 0. The minimum Gasteiger partial charge on any atom is -0.310 e. The molecular formula is C12H15F2N. The summed E-state index contributed by atoms with van der Waals surface area (Å²) in [5, 5.41) is 3.26. The Hall–Kier alpha value is -0.960. The van der Waals surface area contributed by atoms with Crippen molar-refractivity contribution in [2.75, 3.05) is 6.54 Å². The van der Waals surface area contributed by atoms with Crippen LogP contribution in [0.4, 0.5) is 8.78 Å². The highest BCUT2D eigenvalue weighted by molar-refractivity contribution is 5.34. The number of benzene rings is 1. The van der Waals surface area contributed by atoms with Crippen molar-refractivity contribution in [3.63, 3.8) is 0 Å². The molecule has 15 heavy (non-hydrogen) atoms. The highest BCUT2D eigenvalue weighted by atomic mass is 19.1. The maximum atomic E-state index is 13.5. The molecule has 82 valence electrons. The van der Waals surface area contributed by atoms with Crippen molar-refractivity contribution in [1.29, 1.82) is 0 Å². The van der Waals surface area contributed by atoms with Crippen molar-refractivity contribution in [2.45, 2.75) is 32.2 Å². The molecule has 3 heteroatoms. The van der Waals surface area contributed by atoms with E-state index in [0.29, 0.717) is 5.56 Å². The minimum absolute atomic E-state index is 0.115. The molecule has 1 aliphatic carbocycles. The van der Waals surface area contributed by atoms with Gasteiger partial charge >= 0.3 is 0 Å². The molecule has 0 saturated heterocycles. The summed E-state index contributed by atoms with van der Waals surface area (Å²) in [6.07, 6.45) is 2.65. The van der Waals surface area contributed by atoms with Crippen LogP contribution in [-0.2, 0) is 6.42 Å². The summed E-state index contributed by atoms with van der Waals surface area (Å²) < 4.78 is 26.6. The van der Waals surface area contributed by atoms with Crippen LogP contribution in [0, 0.1) is 11.6 Å². The highest BCUT2D eigenvalue weighted by Crippen LogP contribution is 2.31. The van der Waals surface area contributed by atoms with Crippen LogP contribution in [0.5, 0.6) is 0 Å². The lowest BCUT2D eigenvalue weighted by molar-refractivity contribution is 0.452. The molecule has 1 atom stereocenters. The van der Waals surface area contributed by atoms with E-state index in [2.05, 4.69) is 5.32 Å². The molecule has 1 N–H and O–H groups in total. The Kier molecular flexibility index (Phi) is 3.00. The van der Waals surface area contributed by atoms with E-state index in [1.165, 1.54) is 6.07 Å². The van der Waals surface area contributed by atoms with Crippen molar-refractivity contribution in [2.24, 2.45) is 0 Å². The van der Waals surface area contributed by atoms with Gasteiger partial charge in [0.25, 0.3) is 0 Å². The minimum atomic E-state index is -0.476. The smallest absolute Gasteiger partial charge is 0.129 e. The van der Waals surface area contributed by atoms with Crippen LogP contribution in [0.25, 0.3) is 0 Å². The predicted molar refractivity (Wildman–Crippen MR) is 55.7 cm³/mol. The van der Waals surface area contributed by atoms with Gasteiger partial charge in [-0.3, -0.25) is 0 Å². The van der Waals surface area contributed by atoms with Crippen molar-refractivity contribution in [1.82, 2.24) is 5.32 Å². The lowest BCUT2D eigenvalue weighted by Crippen LogP contribution is -2.25. The molecule has 0 aromatic heterocycles. The second-order valence-electron chi connectivity index (χ2n) is 3.96. The molecule has 1 unspecified atom stereocenters. The van der Waals surface area contributed by atoms with Gasteiger partial charge in [0.1, 0.15) is 11.6 Å². The van der Waals surface area contributed by atoms with Gasteiger partial charge < -0.3 is 5.32 Å². The first kappa shape index (κ1) is 10.6. The molecule has 0 saturated carbocycles. The van der Waals surface area contributed by atoms with E-state index in [-0.39, 0.29) is 6.04 Å². The van der Waals surface area contributed by atoms with Crippen molar-refractivity contribution < 1.29 is 8.78 Å². The standard InChI is InChI=1S/C12H15F2N/c1-2-15-12-5-3-4-9-10(12)6-8(13)7-11(9)14/h6-7,12,15H,2-5H2,1H3. The van der Waals surface area contributed by atoms with Crippen molar-refractivity contribution >= 4 is 0 Å². The highest BCUT2D eigenvalue weighted by Gasteiger charge is 2.22. The molecule has 0 aliphatic heterocycles. The summed E-state index contributed by atoms with van der Waals surface area (Å²) in [5.41, 5.74) is 1.49. The molecule has 1 nitrogen and oxygen atoms in total. The Balaban J connectivity index is 2.41. The van der Waals surface area contributed by atoms with Gasteiger partial charge in [-0.1, -0.05) is 6.92 Å². The second-order valence-corrected chi connectivity index (χ2v) is 3.96. The third-order valence-electron chi connectivity index (χ3n) is 2.94. The van der Waals surface area contributed by atoms with Gasteiger partial charge in [-0.2, -0.15) is 0 Å². The van der Waals surface area contributed by atoms with E-state index in [9.17, 15) is 8.78 Å². The number of halogens is 2. The fourth-order valence-electron chi connectivity index (χ4n) is 2.29. The molecular weight excluding hydrogens is 196 g/mol. The number of rotatable bonds is 2. The van der Waals surface area contributed by atoms with Gasteiger partial charge in [-0.15, -0.1) is 0 Å². The third-order valence-corrected chi connectivity index (χ3v) is 2.94. The quantitative estimate of drug-likeness (QED) is 0.793. The normalized spacial score (nSPS) is 20.1. The van der Waals surface area contributed by atoms with Crippen LogP contribution in [-0.4, -0.2) is 6.54 Å². The number of hydrogen-bond donors (Lipinski definition) is 1. The van der Waals surface area contributed by atoms with Crippen LogP contribution in [0.3, 0.4) is 0 Å². The molecule has 1 aromatic carbocycles. The van der Waals surface area contributed by atoms with Gasteiger partial charge in [0.15, 0.2) is 0 Å². The summed E-state index contributed by atoms with van der Waals surface area (Å²) in [4.78, 5) is 0. The Morgan fingerprint density at radius 1 is 1.40 bits per heavy atom. The number of hydrogen-bond acceptors (Lipinski definition) is 1. The molecule has 2 rings (SSSR count). The zero-order chi connectivity index (χ0) is 10.8. The Morgan fingerprint density at radius 2 is 2.20 bits per heavy atom.